The molecular formula is C16H24Cl2N4O3. The van der Waals surface area contributed by atoms with Gasteiger partial charge in [0, 0.05) is 43.9 Å². The molecular weight excluding hydrogens is 367 g/mol. The summed E-state index contributed by atoms with van der Waals surface area (Å²) < 4.78 is 0. The number of rotatable bonds is 3. The van der Waals surface area contributed by atoms with Crippen molar-refractivity contribution in [1.82, 2.24) is 10.2 Å². The van der Waals surface area contributed by atoms with Crippen LogP contribution in [0.2, 0.25) is 0 Å². The predicted octanol–water partition coefficient (Wildman–Crippen LogP) is 3.01. The van der Waals surface area contributed by atoms with Gasteiger partial charge in [-0.05, 0) is 11.5 Å². The lowest BCUT2D eigenvalue weighted by molar-refractivity contribution is -0.386. The van der Waals surface area contributed by atoms with Crippen molar-refractivity contribution in [2.45, 2.75) is 26.8 Å². The average Bonchev–Trinajstić information content (AvgIpc) is 2.48. The third-order valence-corrected chi connectivity index (χ3v) is 4.08. The van der Waals surface area contributed by atoms with Crippen LogP contribution in [-0.4, -0.2) is 41.1 Å². The molecule has 1 saturated heterocycles. The largest absolute Gasteiger partial charge is 0.502 e. The number of piperazine rings is 1. The van der Waals surface area contributed by atoms with E-state index in [-0.39, 0.29) is 47.6 Å². The molecule has 1 aromatic rings. The summed E-state index contributed by atoms with van der Waals surface area (Å²) >= 11 is 0. The fraction of sp³-hybridized carbons (Fsp3) is 0.562. The van der Waals surface area contributed by atoms with Gasteiger partial charge in [0.1, 0.15) is 0 Å². The average molecular weight is 391 g/mol. The quantitative estimate of drug-likeness (QED) is 0.607. The first-order valence-electron chi connectivity index (χ1n) is 7.62. The third kappa shape index (κ3) is 5.19. The van der Waals surface area contributed by atoms with Crippen LogP contribution >= 0.6 is 24.8 Å². The molecule has 1 fully saturated rings. The molecule has 140 valence electrons. The minimum atomic E-state index is -0.642. The molecule has 0 radical (unpaired) electrons. The van der Waals surface area contributed by atoms with Crippen LogP contribution in [0.4, 0.5) is 5.69 Å². The van der Waals surface area contributed by atoms with Gasteiger partial charge in [0.05, 0.1) is 16.6 Å². The topological polar surface area (TPSA) is 102 Å². The number of nitro benzene ring substituents is 1. The van der Waals surface area contributed by atoms with Gasteiger partial charge >= 0.3 is 5.69 Å². The van der Waals surface area contributed by atoms with E-state index in [1.54, 1.807) is 6.07 Å². The molecule has 0 aliphatic carbocycles. The molecule has 9 heteroatoms. The smallest absolute Gasteiger partial charge is 0.312 e. The first-order valence-corrected chi connectivity index (χ1v) is 7.62. The highest BCUT2D eigenvalue weighted by molar-refractivity contribution is 5.85. The summed E-state index contributed by atoms with van der Waals surface area (Å²) in [7, 11) is 0. The summed E-state index contributed by atoms with van der Waals surface area (Å²) in [6.07, 6.45) is 0. The van der Waals surface area contributed by atoms with Crippen LogP contribution in [0, 0.1) is 26.9 Å². The number of nitro groups is 1. The second kappa shape index (κ2) is 9.20. The highest BCUT2D eigenvalue weighted by atomic mass is 35.5. The van der Waals surface area contributed by atoms with Gasteiger partial charge in [-0.25, -0.2) is 0 Å². The van der Waals surface area contributed by atoms with Crippen molar-refractivity contribution in [2.75, 3.05) is 26.2 Å². The maximum Gasteiger partial charge on any atom is 0.312 e. The lowest BCUT2D eigenvalue weighted by Gasteiger charge is -2.42. The van der Waals surface area contributed by atoms with Gasteiger partial charge in [-0.2, -0.15) is 5.26 Å². The number of halogens is 2. The second-order valence-electron chi connectivity index (χ2n) is 6.86. The standard InChI is InChI=1S/C16H22N4O3.2ClH/c1-16(2,3)15(19-6-4-18-5-7-19)12-8-11(10-17)9-13(14(12)21)20(22)23;;/h8-9,15,18,21H,4-7H2,1-3H3;2*1H/t15-;;/m0../s1. The maximum absolute atomic E-state index is 11.2. The number of phenolic OH excluding ortho intramolecular Hbond substituents is 1. The minimum absolute atomic E-state index is 0. The van der Waals surface area contributed by atoms with Crippen molar-refractivity contribution in [3.05, 3.63) is 33.4 Å². The van der Waals surface area contributed by atoms with Crippen molar-refractivity contribution in [1.29, 1.82) is 5.26 Å². The molecule has 1 heterocycles. The van der Waals surface area contributed by atoms with Gasteiger partial charge in [-0.1, -0.05) is 20.8 Å². The first kappa shape index (κ1) is 23.4. The van der Waals surface area contributed by atoms with Crippen LogP contribution in [0.3, 0.4) is 0 Å². The zero-order valence-corrected chi connectivity index (χ0v) is 16.1. The van der Waals surface area contributed by atoms with Gasteiger partial charge in [0.2, 0.25) is 0 Å². The summed E-state index contributed by atoms with van der Waals surface area (Å²) in [5.41, 5.74) is -0.0287. The van der Waals surface area contributed by atoms with E-state index in [0.29, 0.717) is 5.56 Å². The number of hydrogen-bond donors (Lipinski definition) is 2. The van der Waals surface area contributed by atoms with Crippen LogP contribution in [0.5, 0.6) is 5.75 Å². The van der Waals surface area contributed by atoms with E-state index in [0.717, 1.165) is 32.2 Å². The normalized spacial score (nSPS) is 16.1. The molecule has 2 N–H and O–H groups in total. The van der Waals surface area contributed by atoms with Crippen molar-refractivity contribution in [2.24, 2.45) is 5.41 Å². The van der Waals surface area contributed by atoms with E-state index in [1.165, 1.54) is 0 Å². The molecule has 1 aliphatic heterocycles. The molecule has 1 atom stereocenters. The molecule has 25 heavy (non-hydrogen) atoms. The van der Waals surface area contributed by atoms with E-state index in [1.807, 2.05) is 26.8 Å². The molecule has 0 bridgehead atoms. The fourth-order valence-electron chi connectivity index (χ4n) is 3.20. The first-order chi connectivity index (χ1) is 10.8. The monoisotopic (exact) mass is 390 g/mol. The lowest BCUT2D eigenvalue weighted by atomic mass is 9.80. The van der Waals surface area contributed by atoms with Gasteiger partial charge in [-0.3, -0.25) is 15.0 Å². The van der Waals surface area contributed by atoms with Gasteiger partial charge in [0.25, 0.3) is 0 Å². The van der Waals surface area contributed by atoms with Crippen LogP contribution < -0.4 is 5.32 Å². The number of nitrogens with one attached hydrogen (secondary N) is 1. The molecule has 7 nitrogen and oxygen atoms in total. The zero-order valence-electron chi connectivity index (χ0n) is 14.5. The number of nitrogens with zero attached hydrogens (tertiary/aromatic N) is 3. The molecule has 0 amide bonds. The molecule has 0 aromatic heterocycles. The van der Waals surface area contributed by atoms with Crippen molar-refractivity contribution in [3.8, 4) is 11.8 Å². The second-order valence-corrected chi connectivity index (χ2v) is 6.86. The minimum Gasteiger partial charge on any atom is -0.502 e. The number of benzene rings is 1. The number of phenols is 1. The highest BCUT2D eigenvalue weighted by Crippen LogP contribution is 2.45. The molecule has 1 aliphatic rings. The molecule has 0 spiro atoms. The Kier molecular flexibility index (Phi) is 8.62. The Morgan fingerprint density at radius 1 is 1.32 bits per heavy atom. The summed E-state index contributed by atoms with van der Waals surface area (Å²) in [5, 5.41) is 34.1. The Bertz CT molecular complexity index is 650. The number of nitriles is 1. The van der Waals surface area contributed by atoms with Crippen molar-refractivity contribution in [3.63, 3.8) is 0 Å². The van der Waals surface area contributed by atoms with Crippen LogP contribution in [0.1, 0.15) is 37.9 Å². The Balaban J connectivity index is 0.00000288. The van der Waals surface area contributed by atoms with E-state index < -0.39 is 10.6 Å². The summed E-state index contributed by atoms with van der Waals surface area (Å²) in [5.74, 6) is -0.340. The Morgan fingerprint density at radius 2 is 1.88 bits per heavy atom. The molecule has 2 rings (SSSR count). The molecule has 0 unspecified atom stereocenters. The summed E-state index contributed by atoms with van der Waals surface area (Å²) in [6, 6.07) is 4.43. The predicted molar refractivity (Wildman–Crippen MR) is 101 cm³/mol. The lowest BCUT2D eigenvalue weighted by Crippen LogP contribution is -2.48. The molecule has 0 saturated carbocycles. The van der Waals surface area contributed by atoms with E-state index in [2.05, 4.69) is 10.2 Å². The fourth-order valence-corrected chi connectivity index (χ4v) is 3.20. The number of aromatic hydroxyl groups is 1. The summed E-state index contributed by atoms with van der Waals surface area (Å²) in [6.45, 7) is 9.32. The highest BCUT2D eigenvalue weighted by Gasteiger charge is 2.36. The van der Waals surface area contributed by atoms with Crippen molar-refractivity contribution < 1.29 is 10.0 Å². The van der Waals surface area contributed by atoms with Gasteiger partial charge < -0.3 is 10.4 Å². The van der Waals surface area contributed by atoms with E-state index in [9.17, 15) is 20.5 Å². The third-order valence-electron chi connectivity index (χ3n) is 4.08. The van der Waals surface area contributed by atoms with Crippen molar-refractivity contribution >= 4 is 30.5 Å². The zero-order chi connectivity index (χ0) is 17.2. The van der Waals surface area contributed by atoms with Crippen LogP contribution in [0.25, 0.3) is 0 Å². The van der Waals surface area contributed by atoms with Gasteiger partial charge in [0.15, 0.2) is 5.75 Å². The van der Waals surface area contributed by atoms with E-state index >= 15 is 0 Å². The van der Waals surface area contributed by atoms with E-state index in [4.69, 9.17) is 0 Å². The summed E-state index contributed by atoms with van der Waals surface area (Å²) in [4.78, 5) is 12.8. The Morgan fingerprint density at radius 3 is 2.32 bits per heavy atom. The van der Waals surface area contributed by atoms with Crippen LogP contribution in [-0.2, 0) is 0 Å². The Labute approximate surface area is 160 Å². The SMILES string of the molecule is CC(C)(C)[C@H](c1cc(C#N)cc([N+](=O)[O-])c1O)N1CCNCC1.Cl.Cl. The Hall–Kier alpha value is -1.59. The van der Waals surface area contributed by atoms with Gasteiger partial charge in [-0.15, -0.1) is 24.8 Å². The number of hydrogen-bond acceptors (Lipinski definition) is 6. The molecule has 1 aromatic carbocycles. The van der Waals surface area contributed by atoms with Crippen LogP contribution in [0.15, 0.2) is 12.1 Å². The maximum atomic E-state index is 11.2.